The summed E-state index contributed by atoms with van der Waals surface area (Å²) in [6.45, 7) is 4.65. The molecule has 0 radical (unpaired) electrons. The van der Waals surface area contributed by atoms with Gasteiger partial charge in [0, 0.05) is 13.1 Å². The van der Waals surface area contributed by atoms with Gasteiger partial charge >= 0.3 is 0 Å². The van der Waals surface area contributed by atoms with E-state index in [0.717, 1.165) is 12.0 Å². The Morgan fingerprint density at radius 3 is 2.67 bits per heavy atom. The normalized spacial score (nSPS) is 14.7. The molecule has 0 bridgehead atoms. The molecule has 5 heteroatoms. The van der Waals surface area contributed by atoms with Crippen molar-refractivity contribution in [3.05, 3.63) is 29.3 Å². The van der Waals surface area contributed by atoms with E-state index < -0.39 is 5.54 Å². The molecule has 0 aliphatic carbocycles. The second kappa shape index (κ2) is 5.16. The zero-order valence-corrected chi connectivity index (χ0v) is 11.5. The summed E-state index contributed by atoms with van der Waals surface area (Å²) in [4.78, 5) is 13.8. The molecule has 1 aliphatic heterocycles. The Labute approximate surface area is 113 Å². The van der Waals surface area contributed by atoms with E-state index in [1.165, 1.54) is 5.56 Å². The van der Waals surface area contributed by atoms with Crippen LogP contribution < -0.4 is 5.73 Å². The van der Waals surface area contributed by atoms with Crippen LogP contribution in [0, 0.1) is 0 Å². The molecule has 0 saturated heterocycles. The van der Waals surface area contributed by atoms with Crippen LogP contribution in [0.15, 0.2) is 18.2 Å². The van der Waals surface area contributed by atoms with E-state index in [1.807, 2.05) is 6.07 Å². The van der Waals surface area contributed by atoms with Gasteiger partial charge in [-0.15, -0.1) is 12.4 Å². The maximum atomic E-state index is 12.1. The van der Waals surface area contributed by atoms with Crippen LogP contribution in [-0.2, 0) is 17.8 Å². The van der Waals surface area contributed by atoms with Gasteiger partial charge in [-0.2, -0.15) is 0 Å². The van der Waals surface area contributed by atoms with Crippen LogP contribution in [-0.4, -0.2) is 28.0 Å². The third-order valence-electron chi connectivity index (χ3n) is 3.04. The molecule has 1 heterocycles. The smallest absolute Gasteiger partial charge is 0.242 e. The molecule has 0 spiro atoms. The second-order valence-electron chi connectivity index (χ2n) is 5.15. The number of nitrogens with zero attached hydrogens (tertiary/aromatic N) is 1. The molecule has 1 aromatic carbocycles. The monoisotopic (exact) mass is 270 g/mol. The zero-order valence-electron chi connectivity index (χ0n) is 10.6. The Kier molecular flexibility index (Phi) is 4.24. The number of aromatic hydroxyl groups is 1. The second-order valence-corrected chi connectivity index (χ2v) is 5.15. The number of hydrogen-bond donors (Lipinski definition) is 2. The number of amides is 1. The predicted octanol–water partition coefficient (Wildman–Crippen LogP) is 1.44. The SMILES string of the molecule is CC(C)(N)C(=O)N1CCc2ccc(O)cc2C1.Cl. The summed E-state index contributed by atoms with van der Waals surface area (Å²) in [5.74, 6) is 0.191. The molecule has 0 aromatic heterocycles. The predicted molar refractivity (Wildman–Crippen MR) is 72.7 cm³/mol. The van der Waals surface area contributed by atoms with Gasteiger partial charge in [-0.3, -0.25) is 4.79 Å². The Balaban J connectivity index is 0.00000162. The molecule has 0 unspecified atom stereocenters. The van der Waals surface area contributed by atoms with Crippen molar-refractivity contribution >= 4 is 18.3 Å². The first-order valence-corrected chi connectivity index (χ1v) is 5.77. The highest BCUT2D eigenvalue weighted by Gasteiger charge is 2.30. The fraction of sp³-hybridized carbons (Fsp3) is 0.462. The standard InChI is InChI=1S/C13H18N2O2.ClH/c1-13(2,14)12(17)15-6-5-9-3-4-11(16)7-10(9)8-15;/h3-4,7,16H,5-6,8,14H2,1-2H3;1H. The molecule has 2 rings (SSSR count). The average Bonchev–Trinajstić information content (AvgIpc) is 2.25. The zero-order chi connectivity index (χ0) is 12.6. The van der Waals surface area contributed by atoms with Crippen molar-refractivity contribution in [2.75, 3.05) is 6.54 Å². The molecule has 0 fully saturated rings. The van der Waals surface area contributed by atoms with Crippen LogP contribution in [0.5, 0.6) is 5.75 Å². The number of phenols is 1. The summed E-state index contributed by atoms with van der Waals surface area (Å²) in [5.41, 5.74) is 7.18. The number of carbonyl (C=O) groups is 1. The van der Waals surface area contributed by atoms with Crippen molar-refractivity contribution in [1.82, 2.24) is 4.90 Å². The molecule has 1 amide bonds. The van der Waals surface area contributed by atoms with Gasteiger partial charge in [0.2, 0.25) is 5.91 Å². The summed E-state index contributed by atoms with van der Waals surface area (Å²) in [6.07, 6.45) is 0.817. The summed E-state index contributed by atoms with van der Waals surface area (Å²) < 4.78 is 0. The lowest BCUT2D eigenvalue weighted by molar-refractivity contribution is -0.136. The summed E-state index contributed by atoms with van der Waals surface area (Å²) >= 11 is 0. The van der Waals surface area contributed by atoms with Crippen LogP contribution in [0.1, 0.15) is 25.0 Å². The van der Waals surface area contributed by atoms with Gasteiger partial charge in [0.1, 0.15) is 5.75 Å². The van der Waals surface area contributed by atoms with Crippen molar-refractivity contribution in [2.24, 2.45) is 5.73 Å². The first-order valence-electron chi connectivity index (χ1n) is 5.77. The molecule has 4 nitrogen and oxygen atoms in total. The highest BCUT2D eigenvalue weighted by Crippen LogP contribution is 2.24. The molecular formula is C13H19ClN2O2. The lowest BCUT2D eigenvalue weighted by Crippen LogP contribution is -2.52. The Hall–Kier alpha value is -1.26. The number of nitrogens with two attached hydrogens (primary N) is 1. The van der Waals surface area contributed by atoms with Gasteiger partial charge in [0.25, 0.3) is 0 Å². The fourth-order valence-corrected chi connectivity index (χ4v) is 2.12. The van der Waals surface area contributed by atoms with Gasteiger partial charge in [-0.1, -0.05) is 6.07 Å². The lowest BCUT2D eigenvalue weighted by Gasteiger charge is -2.33. The van der Waals surface area contributed by atoms with Gasteiger partial charge < -0.3 is 15.7 Å². The van der Waals surface area contributed by atoms with Crippen molar-refractivity contribution in [1.29, 1.82) is 0 Å². The van der Waals surface area contributed by atoms with E-state index in [4.69, 9.17) is 5.73 Å². The molecule has 3 N–H and O–H groups in total. The average molecular weight is 271 g/mol. The van der Waals surface area contributed by atoms with E-state index >= 15 is 0 Å². The minimum Gasteiger partial charge on any atom is -0.508 e. The molecular weight excluding hydrogens is 252 g/mol. The Bertz CT molecular complexity index is 455. The van der Waals surface area contributed by atoms with E-state index in [9.17, 15) is 9.90 Å². The molecule has 1 aromatic rings. The fourth-order valence-electron chi connectivity index (χ4n) is 2.12. The van der Waals surface area contributed by atoms with Crippen molar-refractivity contribution in [2.45, 2.75) is 32.4 Å². The van der Waals surface area contributed by atoms with Crippen LogP contribution in [0.25, 0.3) is 0 Å². The quantitative estimate of drug-likeness (QED) is 0.811. The molecule has 0 saturated carbocycles. The number of carbonyl (C=O) groups excluding carboxylic acids is 1. The first kappa shape index (κ1) is 14.8. The van der Waals surface area contributed by atoms with Crippen molar-refractivity contribution in [3.8, 4) is 5.75 Å². The number of phenolic OH excluding ortho intramolecular Hbond substituents is 1. The number of rotatable bonds is 1. The van der Waals surface area contributed by atoms with E-state index in [0.29, 0.717) is 13.1 Å². The molecule has 0 atom stereocenters. The molecule has 100 valence electrons. The van der Waals surface area contributed by atoms with Crippen molar-refractivity contribution in [3.63, 3.8) is 0 Å². The van der Waals surface area contributed by atoms with Gasteiger partial charge in [-0.05, 0) is 43.5 Å². The number of hydrogen-bond acceptors (Lipinski definition) is 3. The number of benzene rings is 1. The van der Waals surface area contributed by atoms with Gasteiger partial charge in [0.05, 0.1) is 5.54 Å². The van der Waals surface area contributed by atoms with Crippen LogP contribution in [0.3, 0.4) is 0 Å². The molecule has 1 aliphatic rings. The van der Waals surface area contributed by atoms with Crippen LogP contribution >= 0.6 is 12.4 Å². The first-order chi connectivity index (χ1) is 7.88. The van der Waals surface area contributed by atoms with Crippen LogP contribution in [0.4, 0.5) is 0 Å². The Morgan fingerprint density at radius 2 is 2.06 bits per heavy atom. The van der Waals surface area contributed by atoms with Crippen molar-refractivity contribution < 1.29 is 9.90 Å². The van der Waals surface area contributed by atoms with E-state index in [2.05, 4.69) is 0 Å². The van der Waals surface area contributed by atoms with Gasteiger partial charge in [0.15, 0.2) is 0 Å². The summed E-state index contributed by atoms with van der Waals surface area (Å²) in [6, 6.07) is 5.32. The minimum absolute atomic E-state index is 0. The summed E-state index contributed by atoms with van der Waals surface area (Å²) in [7, 11) is 0. The minimum atomic E-state index is -0.839. The van der Waals surface area contributed by atoms with Crippen LogP contribution in [0.2, 0.25) is 0 Å². The number of fused-ring (bicyclic) bond motifs is 1. The van der Waals surface area contributed by atoms with Gasteiger partial charge in [-0.25, -0.2) is 0 Å². The molecule has 18 heavy (non-hydrogen) atoms. The van der Waals surface area contributed by atoms with E-state index in [1.54, 1.807) is 30.9 Å². The largest absolute Gasteiger partial charge is 0.508 e. The third kappa shape index (κ3) is 2.94. The topological polar surface area (TPSA) is 66.6 Å². The summed E-state index contributed by atoms with van der Waals surface area (Å²) in [5, 5.41) is 9.44. The maximum Gasteiger partial charge on any atom is 0.242 e. The number of halogens is 1. The Morgan fingerprint density at radius 1 is 1.39 bits per heavy atom. The lowest BCUT2D eigenvalue weighted by atomic mass is 9.97. The third-order valence-corrected chi connectivity index (χ3v) is 3.04. The highest BCUT2D eigenvalue weighted by atomic mass is 35.5. The van der Waals surface area contributed by atoms with E-state index in [-0.39, 0.29) is 24.1 Å². The maximum absolute atomic E-state index is 12.1. The highest BCUT2D eigenvalue weighted by molar-refractivity contribution is 5.85.